The van der Waals surface area contributed by atoms with Gasteiger partial charge < -0.3 is 19.4 Å². The van der Waals surface area contributed by atoms with Crippen LogP contribution in [0.5, 0.6) is 11.5 Å². The Balaban J connectivity index is 1.35. The van der Waals surface area contributed by atoms with Gasteiger partial charge in [-0.3, -0.25) is 9.69 Å². The van der Waals surface area contributed by atoms with Crippen LogP contribution in [0, 0.1) is 0 Å². The van der Waals surface area contributed by atoms with Crippen LogP contribution >= 0.6 is 0 Å². The summed E-state index contributed by atoms with van der Waals surface area (Å²) in [7, 11) is 3.34. The molecule has 1 aliphatic rings. The van der Waals surface area contributed by atoms with Gasteiger partial charge in [0.25, 0.3) is 0 Å². The highest BCUT2D eigenvalue weighted by atomic mass is 16.5. The number of aryl methyl sites for hydroxylation is 1. The molecule has 1 amide bonds. The predicted octanol–water partition coefficient (Wildman–Crippen LogP) is 3.16. The molecule has 0 saturated carbocycles. The Bertz CT molecular complexity index is 1100. The molecule has 0 fully saturated rings. The lowest BCUT2D eigenvalue weighted by atomic mass is 10.1. The Labute approximate surface area is 200 Å². The number of benzene rings is 2. The minimum absolute atomic E-state index is 0.0237. The number of hydrogen-bond acceptors (Lipinski definition) is 6. The Kier molecular flexibility index (Phi) is 7.80. The van der Waals surface area contributed by atoms with E-state index in [2.05, 4.69) is 31.0 Å². The summed E-state index contributed by atoms with van der Waals surface area (Å²) < 4.78 is 13.0. The highest BCUT2D eigenvalue weighted by Crippen LogP contribution is 2.26. The highest BCUT2D eigenvalue weighted by Gasteiger charge is 2.23. The number of nitrogens with zero attached hydrogens (tertiary/aromatic N) is 4. The lowest BCUT2D eigenvalue weighted by molar-refractivity contribution is -0.121. The van der Waals surface area contributed by atoms with E-state index in [0.717, 1.165) is 73.3 Å². The Morgan fingerprint density at radius 2 is 1.88 bits per heavy atom. The van der Waals surface area contributed by atoms with Gasteiger partial charge in [0.05, 0.1) is 20.3 Å². The summed E-state index contributed by atoms with van der Waals surface area (Å²) in [6, 6.07) is 15.8. The van der Waals surface area contributed by atoms with Crippen molar-refractivity contribution in [2.24, 2.45) is 0 Å². The first-order chi connectivity index (χ1) is 16.6. The summed E-state index contributed by atoms with van der Waals surface area (Å²) in [4.78, 5) is 14.9. The fraction of sp³-hybridized carbons (Fsp3) is 0.423. The van der Waals surface area contributed by atoms with Crippen LogP contribution in [-0.2, 0) is 30.7 Å². The van der Waals surface area contributed by atoms with Gasteiger partial charge in [0.2, 0.25) is 5.91 Å². The molecule has 1 atom stereocenters. The van der Waals surface area contributed by atoms with Crippen LogP contribution in [-0.4, -0.2) is 52.9 Å². The van der Waals surface area contributed by atoms with E-state index >= 15 is 0 Å². The fourth-order valence-electron chi connectivity index (χ4n) is 4.37. The second-order valence-electron chi connectivity index (χ2n) is 8.60. The molecule has 8 nitrogen and oxygen atoms in total. The topological polar surface area (TPSA) is 81.5 Å². The van der Waals surface area contributed by atoms with Gasteiger partial charge in [0, 0.05) is 50.7 Å². The number of aromatic nitrogens is 3. The van der Waals surface area contributed by atoms with E-state index in [4.69, 9.17) is 9.47 Å². The van der Waals surface area contributed by atoms with Crippen molar-refractivity contribution in [1.82, 2.24) is 25.0 Å². The van der Waals surface area contributed by atoms with Crippen molar-refractivity contribution in [2.45, 2.75) is 45.3 Å². The summed E-state index contributed by atoms with van der Waals surface area (Å²) in [5, 5.41) is 11.9. The van der Waals surface area contributed by atoms with E-state index in [1.165, 1.54) is 0 Å². The zero-order valence-corrected chi connectivity index (χ0v) is 20.2. The van der Waals surface area contributed by atoms with Crippen molar-refractivity contribution in [2.75, 3.05) is 27.3 Å². The van der Waals surface area contributed by atoms with Crippen LogP contribution in [0.3, 0.4) is 0 Å². The molecule has 34 heavy (non-hydrogen) atoms. The number of nitrogens with one attached hydrogen (secondary N) is 1. The Morgan fingerprint density at radius 3 is 2.65 bits per heavy atom. The largest absolute Gasteiger partial charge is 0.497 e. The first kappa shape index (κ1) is 23.8. The molecule has 0 spiro atoms. The molecule has 0 unspecified atom stereocenters. The van der Waals surface area contributed by atoms with Gasteiger partial charge in [-0.2, -0.15) is 0 Å². The van der Waals surface area contributed by atoms with Gasteiger partial charge in [-0.1, -0.05) is 36.4 Å². The molecular formula is C26H33N5O3. The monoisotopic (exact) mass is 463 g/mol. The lowest BCUT2D eigenvalue weighted by Gasteiger charge is -2.21. The quantitative estimate of drug-likeness (QED) is 0.525. The molecule has 0 radical (unpaired) electrons. The SMILES string of the molecule is COc1ccc(CN2CCc3nnc([C@H](C)NC(=O)CCc4ccccc4)n3CC2)c(OC)c1. The average molecular weight is 464 g/mol. The van der Waals surface area contributed by atoms with E-state index in [1.807, 2.05) is 49.4 Å². The van der Waals surface area contributed by atoms with E-state index in [-0.39, 0.29) is 11.9 Å². The van der Waals surface area contributed by atoms with Crippen LogP contribution in [0.15, 0.2) is 48.5 Å². The summed E-state index contributed by atoms with van der Waals surface area (Å²) in [6.07, 6.45) is 1.98. The molecule has 0 saturated heterocycles. The van der Waals surface area contributed by atoms with Gasteiger partial charge in [-0.25, -0.2) is 0 Å². The summed E-state index contributed by atoms with van der Waals surface area (Å²) >= 11 is 0. The smallest absolute Gasteiger partial charge is 0.220 e. The number of carbonyl (C=O) groups is 1. The maximum absolute atomic E-state index is 12.5. The van der Waals surface area contributed by atoms with E-state index < -0.39 is 0 Å². The third kappa shape index (κ3) is 5.75. The number of ether oxygens (including phenoxy) is 2. The molecule has 8 heteroatoms. The number of amides is 1. The molecule has 1 N–H and O–H groups in total. The van der Waals surface area contributed by atoms with Crippen molar-refractivity contribution in [3.63, 3.8) is 0 Å². The third-order valence-electron chi connectivity index (χ3n) is 6.28. The zero-order valence-electron chi connectivity index (χ0n) is 20.2. The van der Waals surface area contributed by atoms with Crippen molar-refractivity contribution < 1.29 is 14.3 Å². The van der Waals surface area contributed by atoms with Gasteiger partial charge >= 0.3 is 0 Å². The molecule has 3 aromatic rings. The second-order valence-corrected chi connectivity index (χ2v) is 8.60. The fourth-order valence-corrected chi connectivity index (χ4v) is 4.37. The maximum Gasteiger partial charge on any atom is 0.220 e. The summed E-state index contributed by atoms with van der Waals surface area (Å²) in [5.74, 6) is 3.41. The molecule has 180 valence electrons. The van der Waals surface area contributed by atoms with Crippen LogP contribution in [0.4, 0.5) is 0 Å². The van der Waals surface area contributed by atoms with E-state index in [1.54, 1.807) is 14.2 Å². The van der Waals surface area contributed by atoms with E-state index in [9.17, 15) is 4.79 Å². The highest BCUT2D eigenvalue weighted by molar-refractivity contribution is 5.76. The standard InChI is InChI=1S/C26H33N5O3/c1-19(27-25(32)12-9-20-7-5-4-6-8-20)26-29-28-24-13-14-30(15-16-31(24)26)18-21-10-11-22(33-2)17-23(21)34-3/h4-8,10-11,17,19H,9,12-16,18H2,1-3H3,(H,27,32)/t19-/m0/s1. The number of carbonyl (C=O) groups excluding carboxylic acids is 1. The zero-order chi connectivity index (χ0) is 23.9. The molecular weight excluding hydrogens is 430 g/mol. The number of rotatable bonds is 9. The van der Waals surface area contributed by atoms with Gasteiger partial charge in [-0.15, -0.1) is 10.2 Å². The van der Waals surface area contributed by atoms with Crippen LogP contribution in [0.2, 0.25) is 0 Å². The van der Waals surface area contributed by atoms with Crippen molar-refractivity contribution in [3.05, 3.63) is 71.3 Å². The third-order valence-corrected chi connectivity index (χ3v) is 6.28. The van der Waals surface area contributed by atoms with Gasteiger partial charge in [0.1, 0.15) is 17.3 Å². The maximum atomic E-state index is 12.5. The minimum Gasteiger partial charge on any atom is -0.497 e. The molecule has 1 aromatic heterocycles. The number of hydrogen-bond donors (Lipinski definition) is 1. The number of fused-ring (bicyclic) bond motifs is 1. The lowest BCUT2D eigenvalue weighted by Crippen LogP contribution is -2.30. The molecule has 2 heterocycles. The first-order valence-electron chi connectivity index (χ1n) is 11.8. The average Bonchev–Trinajstić information content (AvgIpc) is 3.17. The summed E-state index contributed by atoms with van der Waals surface area (Å²) in [5.41, 5.74) is 2.29. The van der Waals surface area contributed by atoms with E-state index in [0.29, 0.717) is 6.42 Å². The van der Waals surface area contributed by atoms with Gasteiger partial charge in [-0.05, 0) is 25.0 Å². The van der Waals surface area contributed by atoms with Crippen molar-refractivity contribution in [3.8, 4) is 11.5 Å². The molecule has 1 aliphatic heterocycles. The van der Waals surface area contributed by atoms with Gasteiger partial charge in [0.15, 0.2) is 5.82 Å². The first-order valence-corrected chi connectivity index (χ1v) is 11.8. The Hall–Kier alpha value is -3.39. The van der Waals surface area contributed by atoms with Crippen molar-refractivity contribution >= 4 is 5.91 Å². The minimum atomic E-state index is -0.197. The van der Waals surface area contributed by atoms with Crippen LogP contribution in [0.1, 0.15) is 42.2 Å². The van der Waals surface area contributed by atoms with Crippen molar-refractivity contribution in [1.29, 1.82) is 0 Å². The number of methoxy groups -OCH3 is 2. The molecule has 0 aliphatic carbocycles. The second kappa shape index (κ2) is 11.2. The molecule has 0 bridgehead atoms. The molecule has 4 rings (SSSR count). The van der Waals surface area contributed by atoms with Crippen LogP contribution in [0.25, 0.3) is 0 Å². The predicted molar refractivity (Wildman–Crippen MR) is 130 cm³/mol. The van der Waals surface area contributed by atoms with Crippen LogP contribution < -0.4 is 14.8 Å². The summed E-state index contributed by atoms with van der Waals surface area (Å²) in [6.45, 7) is 5.28. The Morgan fingerprint density at radius 1 is 1.06 bits per heavy atom. The molecule has 2 aromatic carbocycles. The normalized spacial score (nSPS) is 14.7.